The summed E-state index contributed by atoms with van der Waals surface area (Å²) in [5.41, 5.74) is 2.46. The first-order valence-corrected chi connectivity index (χ1v) is 9.04. The van der Waals surface area contributed by atoms with Gasteiger partial charge in [-0.3, -0.25) is 9.59 Å². The molecule has 28 heavy (non-hydrogen) atoms. The van der Waals surface area contributed by atoms with Crippen molar-refractivity contribution >= 4 is 29.5 Å². The molecule has 2 rings (SSSR count). The molecule has 1 atom stereocenters. The zero-order valence-electron chi connectivity index (χ0n) is 16.2. The van der Waals surface area contributed by atoms with Gasteiger partial charge in [-0.15, -0.1) is 0 Å². The Morgan fingerprint density at radius 3 is 2.25 bits per heavy atom. The Kier molecular flexibility index (Phi) is 7.51. The Morgan fingerprint density at radius 2 is 1.68 bits per heavy atom. The number of aryl methyl sites for hydroxylation is 1. The summed E-state index contributed by atoms with van der Waals surface area (Å²) in [7, 11) is 0. The van der Waals surface area contributed by atoms with Gasteiger partial charge in [0.15, 0.2) is 6.10 Å². The largest absolute Gasteiger partial charge is 0.448 e. The lowest BCUT2D eigenvalue weighted by molar-refractivity contribution is -0.149. The normalized spacial score (nSPS) is 12.0. The fourth-order valence-corrected chi connectivity index (χ4v) is 2.40. The van der Waals surface area contributed by atoms with Crippen LogP contribution in [-0.2, 0) is 25.5 Å². The minimum absolute atomic E-state index is 0.0364. The van der Waals surface area contributed by atoms with Crippen LogP contribution in [0.4, 0.5) is 5.69 Å². The van der Waals surface area contributed by atoms with E-state index in [-0.39, 0.29) is 5.70 Å². The molecule has 1 unspecified atom stereocenters. The van der Waals surface area contributed by atoms with E-state index in [2.05, 4.69) is 10.6 Å². The topological polar surface area (TPSA) is 84.5 Å². The van der Waals surface area contributed by atoms with Crippen molar-refractivity contribution in [1.29, 1.82) is 0 Å². The van der Waals surface area contributed by atoms with E-state index < -0.39 is 23.9 Å². The van der Waals surface area contributed by atoms with Crippen molar-refractivity contribution in [2.45, 2.75) is 33.3 Å². The molecule has 146 valence electrons. The van der Waals surface area contributed by atoms with Crippen molar-refractivity contribution in [3.05, 3.63) is 71.4 Å². The summed E-state index contributed by atoms with van der Waals surface area (Å²) in [6.07, 6.45) is 1.37. The van der Waals surface area contributed by atoms with E-state index in [9.17, 15) is 14.4 Å². The highest BCUT2D eigenvalue weighted by atomic mass is 16.5. The summed E-state index contributed by atoms with van der Waals surface area (Å²) in [4.78, 5) is 36.2. The second-order valence-electron chi connectivity index (χ2n) is 6.24. The average Bonchev–Trinajstić information content (AvgIpc) is 2.68. The third-order valence-corrected chi connectivity index (χ3v) is 3.92. The van der Waals surface area contributed by atoms with Gasteiger partial charge in [-0.2, -0.15) is 0 Å². The van der Waals surface area contributed by atoms with Crippen molar-refractivity contribution in [2.75, 3.05) is 5.32 Å². The van der Waals surface area contributed by atoms with Crippen LogP contribution in [0.3, 0.4) is 0 Å². The highest BCUT2D eigenvalue weighted by molar-refractivity contribution is 6.00. The molecule has 6 nitrogen and oxygen atoms in total. The number of hydrogen-bond donors (Lipinski definition) is 2. The minimum Gasteiger partial charge on any atom is -0.448 e. The van der Waals surface area contributed by atoms with E-state index in [1.165, 1.54) is 19.9 Å². The van der Waals surface area contributed by atoms with Gasteiger partial charge < -0.3 is 15.4 Å². The third-order valence-electron chi connectivity index (χ3n) is 3.92. The maximum Gasteiger partial charge on any atom is 0.355 e. The average molecular weight is 380 g/mol. The quantitative estimate of drug-likeness (QED) is 0.570. The van der Waals surface area contributed by atoms with Crippen LogP contribution >= 0.6 is 0 Å². The van der Waals surface area contributed by atoms with Crippen molar-refractivity contribution < 1.29 is 19.1 Å². The zero-order chi connectivity index (χ0) is 20.5. The van der Waals surface area contributed by atoms with Crippen molar-refractivity contribution in [3.8, 4) is 0 Å². The second kappa shape index (κ2) is 10.1. The van der Waals surface area contributed by atoms with Gasteiger partial charge in [0.1, 0.15) is 5.70 Å². The minimum atomic E-state index is -1.04. The van der Waals surface area contributed by atoms with Gasteiger partial charge in [0.25, 0.3) is 5.91 Å². The van der Waals surface area contributed by atoms with Gasteiger partial charge in [-0.05, 0) is 42.7 Å². The summed E-state index contributed by atoms with van der Waals surface area (Å²) in [5, 5.41) is 5.16. The number of esters is 1. The monoisotopic (exact) mass is 380 g/mol. The van der Waals surface area contributed by atoms with Crippen LogP contribution < -0.4 is 10.6 Å². The van der Waals surface area contributed by atoms with Gasteiger partial charge in [-0.25, -0.2) is 4.79 Å². The molecule has 0 aromatic heterocycles. The fourth-order valence-electron chi connectivity index (χ4n) is 2.40. The van der Waals surface area contributed by atoms with Crippen LogP contribution in [0.25, 0.3) is 6.08 Å². The molecule has 2 aromatic rings. The third kappa shape index (κ3) is 6.39. The number of rotatable bonds is 7. The van der Waals surface area contributed by atoms with Gasteiger partial charge >= 0.3 is 5.97 Å². The molecule has 0 spiro atoms. The van der Waals surface area contributed by atoms with E-state index in [0.29, 0.717) is 5.69 Å². The molecule has 0 radical (unpaired) electrons. The number of ether oxygens (including phenoxy) is 1. The highest BCUT2D eigenvalue weighted by Gasteiger charge is 2.21. The Hall–Kier alpha value is -3.41. The molecule has 6 heteroatoms. The van der Waals surface area contributed by atoms with Crippen LogP contribution in [0.2, 0.25) is 0 Å². The number of carbonyl (C=O) groups is 3. The lowest BCUT2D eigenvalue weighted by atomic mass is 10.1. The summed E-state index contributed by atoms with van der Waals surface area (Å²) in [6, 6.07) is 16.5. The Bertz CT molecular complexity index is 858. The highest BCUT2D eigenvalue weighted by Crippen LogP contribution is 2.12. The number of benzene rings is 2. The fraction of sp³-hybridized carbons (Fsp3) is 0.227. The van der Waals surface area contributed by atoms with Gasteiger partial charge in [0, 0.05) is 12.6 Å². The van der Waals surface area contributed by atoms with E-state index in [4.69, 9.17) is 4.74 Å². The summed E-state index contributed by atoms with van der Waals surface area (Å²) < 4.78 is 5.23. The van der Waals surface area contributed by atoms with E-state index in [1.807, 2.05) is 37.3 Å². The summed E-state index contributed by atoms with van der Waals surface area (Å²) >= 11 is 0. The molecule has 0 bridgehead atoms. The number of hydrogen-bond acceptors (Lipinski definition) is 4. The van der Waals surface area contributed by atoms with Crippen molar-refractivity contribution in [1.82, 2.24) is 5.32 Å². The van der Waals surface area contributed by atoms with Crippen LogP contribution in [0.1, 0.15) is 31.9 Å². The van der Waals surface area contributed by atoms with Crippen LogP contribution in [0, 0.1) is 0 Å². The lowest BCUT2D eigenvalue weighted by Gasteiger charge is -2.15. The molecule has 0 saturated carbocycles. The molecule has 0 aliphatic rings. The maximum absolute atomic E-state index is 12.4. The Morgan fingerprint density at radius 1 is 1.04 bits per heavy atom. The second-order valence-corrected chi connectivity index (χ2v) is 6.24. The molecule has 0 aliphatic heterocycles. The molecule has 0 saturated heterocycles. The van der Waals surface area contributed by atoms with E-state index in [1.54, 1.807) is 24.3 Å². The molecule has 2 amide bonds. The standard InChI is InChI=1S/C22H24N2O4/c1-4-17-10-12-19(13-11-17)24-21(26)15(2)28-22(27)20(23-16(3)25)14-18-8-6-5-7-9-18/h5-15H,4H2,1-3H3,(H,23,25)(H,24,26)/b20-14-. The molecule has 2 aromatic carbocycles. The molecular weight excluding hydrogens is 356 g/mol. The summed E-state index contributed by atoms with van der Waals surface area (Å²) in [5.74, 6) is -1.66. The van der Waals surface area contributed by atoms with Crippen LogP contribution in [0.5, 0.6) is 0 Å². The van der Waals surface area contributed by atoms with Crippen LogP contribution in [0.15, 0.2) is 60.3 Å². The van der Waals surface area contributed by atoms with Crippen LogP contribution in [-0.4, -0.2) is 23.9 Å². The van der Waals surface area contributed by atoms with Gasteiger partial charge in [0.05, 0.1) is 0 Å². The van der Waals surface area contributed by atoms with E-state index >= 15 is 0 Å². The Labute approximate surface area is 164 Å². The number of amides is 2. The first-order valence-electron chi connectivity index (χ1n) is 9.04. The molecule has 2 N–H and O–H groups in total. The van der Waals surface area contributed by atoms with E-state index in [0.717, 1.165) is 17.5 Å². The SMILES string of the molecule is CCc1ccc(NC(=O)C(C)OC(=O)/C(=C/c2ccccc2)NC(C)=O)cc1. The smallest absolute Gasteiger partial charge is 0.355 e. The van der Waals surface area contributed by atoms with Crippen molar-refractivity contribution in [2.24, 2.45) is 0 Å². The number of nitrogens with one attached hydrogen (secondary N) is 2. The molecule has 0 heterocycles. The lowest BCUT2D eigenvalue weighted by Crippen LogP contribution is -2.33. The first-order chi connectivity index (χ1) is 13.4. The predicted octanol–water partition coefficient (Wildman–Crippen LogP) is 3.30. The predicted molar refractivity (Wildman–Crippen MR) is 108 cm³/mol. The van der Waals surface area contributed by atoms with Gasteiger partial charge in [0.2, 0.25) is 5.91 Å². The number of anilines is 1. The first kappa shape index (κ1) is 20.9. The number of carbonyl (C=O) groups excluding carboxylic acids is 3. The molecule has 0 fully saturated rings. The van der Waals surface area contributed by atoms with Crippen molar-refractivity contribution in [3.63, 3.8) is 0 Å². The van der Waals surface area contributed by atoms with Gasteiger partial charge in [-0.1, -0.05) is 49.4 Å². The maximum atomic E-state index is 12.4. The Balaban J connectivity index is 2.05. The zero-order valence-corrected chi connectivity index (χ0v) is 16.2. The summed E-state index contributed by atoms with van der Waals surface area (Å²) in [6.45, 7) is 4.81. The molecule has 0 aliphatic carbocycles. The molecular formula is C22H24N2O4.